The van der Waals surface area contributed by atoms with Crippen LogP contribution in [0.4, 0.5) is 5.95 Å². The number of aromatic nitrogens is 4. The molecule has 3 heterocycles. The van der Waals surface area contributed by atoms with Gasteiger partial charge < -0.3 is 23.5 Å². The van der Waals surface area contributed by atoms with Crippen LogP contribution >= 0.6 is 0 Å². The summed E-state index contributed by atoms with van der Waals surface area (Å²) >= 11 is 0. The lowest BCUT2D eigenvalue weighted by atomic mass is 10.2. The lowest BCUT2D eigenvalue weighted by molar-refractivity contribution is -0.172. The third-order valence-electron chi connectivity index (χ3n) is 7.97. The molecule has 2 unspecified atom stereocenters. The van der Waals surface area contributed by atoms with Gasteiger partial charge in [0, 0.05) is 27.1 Å². The Bertz CT molecular complexity index is 1600. The zero-order chi connectivity index (χ0) is 32.2. The minimum atomic E-state index is -2.83. The summed E-state index contributed by atoms with van der Waals surface area (Å²) < 4.78 is 27.9. The maximum Gasteiger partial charge on any atom is 0.280 e. The molecule has 11 nitrogen and oxygen atoms in total. The van der Waals surface area contributed by atoms with Crippen LogP contribution in [0, 0.1) is 0 Å². The van der Waals surface area contributed by atoms with Crippen molar-refractivity contribution in [2.75, 3.05) is 27.3 Å². The SMILES string of the molecule is CCOC(C)OC1C[C@H](n2cnc3c(=O)[nH]c(N=CN(C)C)nc32)O[C@@H]1CO[Si](c1ccccc1)(c1ccccc1)C(C)(C)C. The summed E-state index contributed by atoms with van der Waals surface area (Å²) in [6.07, 6.45) is 1.94. The van der Waals surface area contributed by atoms with Crippen molar-refractivity contribution < 1.29 is 18.6 Å². The molecule has 5 rings (SSSR count). The fraction of sp³-hybridized carbons (Fsp3) is 0.455. The summed E-state index contributed by atoms with van der Waals surface area (Å²) in [6.45, 7) is 11.4. The summed E-state index contributed by atoms with van der Waals surface area (Å²) in [5.41, 5.74) is 0.237. The molecule has 45 heavy (non-hydrogen) atoms. The number of fused-ring (bicyclic) bond motifs is 1. The maximum absolute atomic E-state index is 12.8. The van der Waals surface area contributed by atoms with Crippen molar-refractivity contribution in [2.24, 2.45) is 4.99 Å². The molecule has 2 aromatic heterocycles. The summed E-state index contributed by atoms with van der Waals surface area (Å²) in [4.78, 5) is 30.5. The van der Waals surface area contributed by atoms with Crippen molar-refractivity contribution in [2.45, 2.75) is 70.8 Å². The normalized spacial score (nSPS) is 19.8. The molecule has 1 aliphatic rings. The molecule has 4 aromatic rings. The summed E-state index contributed by atoms with van der Waals surface area (Å²) in [5.74, 6) is 0.185. The molecule has 4 atom stereocenters. The van der Waals surface area contributed by atoms with E-state index in [4.69, 9.17) is 18.6 Å². The fourth-order valence-electron chi connectivity index (χ4n) is 6.01. The second kappa shape index (κ2) is 13.8. The van der Waals surface area contributed by atoms with Gasteiger partial charge in [-0.1, -0.05) is 81.4 Å². The quantitative estimate of drug-likeness (QED) is 0.108. The lowest BCUT2D eigenvalue weighted by Gasteiger charge is -2.43. The molecule has 0 spiro atoms. The molecule has 0 saturated carbocycles. The number of hydrogen-bond acceptors (Lipinski definition) is 8. The lowest BCUT2D eigenvalue weighted by Crippen LogP contribution is -2.67. The first-order chi connectivity index (χ1) is 21.5. The van der Waals surface area contributed by atoms with E-state index in [0.717, 1.165) is 0 Å². The van der Waals surface area contributed by atoms with Gasteiger partial charge in [-0.3, -0.25) is 14.3 Å². The van der Waals surface area contributed by atoms with E-state index >= 15 is 0 Å². The van der Waals surface area contributed by atoms with Crippen LogP contribution in [0.5, 0.6) is 0 Å². The Kier molecular flexibility index (Phi) is 9.99. The van der Waals surface area contributed by atoms with Crippen molar-refractivity contribution in [3.8, 4) is 0 Å². The third-order valence-corrected chi connectivity index (χ3v) is 13.0. The number of ether oxygens (including phenoxy) is 3. The molecular weight excluding hydrogens is 588 g/mol. The van der Waals surface area contributed by atoms with Gasteiger partial charge in [-0.2, -0.15) is 4.98 Å². The largest absolute Gasteiger partial charge is 0.405 e. The zero-order valence-electron chi connectivity index (χ0n) is 27.1. The van der Waals surface area contributed by atoms with Gasteiger partial charge in [0.05, 0.1) is 25.4 Å². The minimum absolute atomic E-state index is 0.185. The van der Waals surface area contributed by atoms with Crippen LogP contribution in [-0.4, -0.2) is 84.9 Å². The first-order valence-electron chi connectivity index (χ1n) is 15.4. The number of H-pyrrole nitrogens is 1. The van der Waals surface area contributed by atoms with Crippen LogP contribution in [0.3, 0.4) is 0 Å². The van der Waals surface area contributed by atoms with E-state index in [9.17, 15) is 4.79 Å². The van der Waals surface area contributed by atoms with E-state index in [-0.39, 0.29) is 28.2 Å². The minimum Gasteiger partial charge on any atom is -0.405 e. The second-order valence-corrected chi connectivity index (χ2v) is 16.8. The number of imidazole rings is 1. The van der Waals surface area contributed by atoms with Crippen molar-refractivity contribution >= 4 is 42.1 Å². The predicted octanol–water partition coefficient (Wildman–Crippen LogP) is 3.97. The fourth-order valence-corrected chi connectivity index (χ4v) is 10.6. The van der Waals surface area contributed by atoms with Crippen LogP contribution in [0.15, 0.2) is 76.8 Å². The molecule has 12 heteroatoms. The molecule has 0 amide bonds. The predicted molar refractivity (Wildman–Crippen MR) is 178 cm³/mol. The highest BCUT2D eigenvalue weighted by atomic mass is 28.4. The Labute approximate surface area is 265 Å². The highest BCUT2D eigenvalue weighted by molar-refractivity contribution is 6.99. The molecule has 1 saturated heterocycles. The topological polar surface area (TPSA) is 116 Å². The first-order valence-corrected chi connectivity index (χ1v) is 17.3. The number of nitrogens with zero attached hydrogens (tertiary/aromatic N) is 5. The van der Waals surface area contributed by atoms with Crippen molar-refractivity contribution in [1.29, 1.82) is 0 Å². The Morgan fingerprint density at radius 2 is 1.78 bits per heavy atom. The number of rotatable bonds is 12. The molecule has 2 aromatic carbocycles. The highest BCUT2D eigenvalue weighted by Crippen LogP contribution is 2.39. The van der Waals surface area contributed by atoms with Crippen molar-refractivity contribution in [3.05, 3.63) is 77.3 Å². The van der Waals surface area contributed by atoms with Gasteiger partial charge in [-0.25, -0.2) is 9.98 Å². The maximum atomic E-state index is 12.8. The van der Waals surface area contributed by atoms with Crippen LogP contribution in [0.1, 0.15) is 47.3 Å². The molecule has 0 bridgehead atoms. The van der Waals surface area contributed by atoms with Crippen LogP contribution in [0.2, 0.25) is 5.04 Å². The number of benzene rings is 2. The molecule has 1 fully saturated rings. The smallest absolute Gasteiger partial charge is 0.280 e. The molecule has 0 aliphatic carbocycles. The Morgan fingerprint density at radius 3 is 2.36 bits per heavy atom. The summed E-state index contributed by atoms with van der Waals surface area (Å²) in [6, 6.07) is 21.0. The average molecular weight is 633 g/mol. The second-order valence-electron chi connectivity index (χ2n) is 12.5. The van der Waals surface area contributed by atoms with Crippen LogP contribution < -0.4 is 15.9 Å². The molecule has 240 valence electrons. The zero-order valence-corrected chi connectivity index (χ0v) is 28.1. The summed E-state index contributed by atoms with van der Waals surface area (Å²) in [7, 11) is 0.854. The van der Waals surface area contributed by atoms with Gasteiger partial charge in [-0.05, 0) is 29.3 Å². The number of nitrogens with one attached hydrogen (secondary N) is 1. The van der Waals surface area contributed by atoms with E-state index in [1.54, 1.807) is 22.1 Å². The molecule has 1 aliphatic heterocycles. The van der Waals surface area contributed by atoms with Gasteiger partial charge >= 0.3 is 0 Å². The van der Waals surface area contributed by atoms with Crippen molar-refractivity contribution in [3.63, 3.8) is 0 Å². The van der Waals surface area contributed by atoms with Crippen molar-refractivity contribution in [1.82, 2.24) is 24.4 Å². The number of aliphatic imine (C=N–C) groups is 1. The molecule has 0 radical (unpaired) electrons. The number of aromatic amines is 1. The van der Waals surface area contributed by atoms with E-state index < -0.39 is 26.9 Å². The van der Waals surface area contributed by atoms with E-state index in [2.05, 4.69) is 89.2 Å². The molecular formula is C33H44N6O5Si. The van der Waals surface area contributed by atoms with Gasteiger partial charge in [0.25, 0.3) is 13.9 Å². The van der Waals surface area contributed by atoms with Crippen LogP contribution in [-0.2, 0) is 18.6 Å². The first kappa shape index (κ1) is 32.7. The van der Waals surface area contributed by atoms with E-state index in [0.29, 0.717) is 25.3 Å². The van der Waals surface area contributed by atoms with Gasteiger partial charge in [0.2, 0.25) is 5.95 Å². The monoisotopic (exact) mass is 632 g/mol. The van der Waals surface area contributed by atoms with E-state index in [1.807, 2.05) is 40.1 Å². The Morgan fingerprint density at radius 1 is 1.13 bits per heavy atom. The Hall–Kier alpha value is -3.68. The van der Waals surface area contributed by atoms with E-state index in [1.165, 1.54) is 10.4 Å². The standard InChI is InChI=1S/C33H44N6O5Si/c1-8-41-23(2)43-26-19-28(39-22-34-29-30(39)36-32(37-31(29)40)35-21-38(6)7)44-27(26)20-42-45(33(3,4)5,24-15-11-9-12-16-24)25-17-13-10-14-18-25/h9-18,21-23,26-28H,8,19-20H2,1-7H3,(H,36,37,40)/t23?,26?,27-,28-/m1/s1. The van der Waals surface area contributed by atoms with Gasteiger partial charge in [-0.15, -0.1) is 0 Å². The van der Waals surface area contributed by atoms with Gasteiger partial charge in [0.15, 0.2) is 17.5 Å². The highest BCUT2D eigenvalue weighted by Gasteiger charge is 2.51. The Balaban J connectivity index is 1.50. The molecule has 1 N–H and O–H groups in total. The summed E-state index contributed by atoms with van der Waals surface area (Å²) in [5, 5.41) is 2.18. The number of hydrogen-bond donors (Lipinski definition) is 1. The average Bonchev–Trinajstić information content (AvgIpc) is 3.61. The van der Waals surface area contributed by atoms with Crippen LogP contribution in [0.25, 0.3) is 11.2 Å². The third kappa shape index (κ3) is 6.95. The van der Waals surface area contributed by atoms with Gasteiger partial charge in [0.1, 0.15) is 12.3 Å².